The molecule has 0 saturated carbocycles. The number of methoxy groups -OCH3 is 1. The van der Waals surface area contributed by atoms with Crippen LogP contribution in [0.5, 0.6) is 0 Å². The van der Waals surface area contributed by atoms with E-state index in [9.17, 15) is 14.9 Å². The van der Waals surface area contributed by atoms with Crippen molar-refractivity contribution in [1.82, 2.24) is 15.0 Å². The number of pyridine rings is 1. The number of nitrogens with one attached hydrogen (secondary N) is 2. The van der Waals surface area contributed by atoms with E-state index in [0.29, 0.717) is 11.3 Å². The van der Waals surface area contributed by atoms with Gasteiger partial charge >= 0.3 is 0 Å². The molecule has 2 aromatic heterocycles. The first kappa shape index (κ1) is 19.1. The van der Waals surface area contributed by atoms with Gasteiger partial charge in [-0.15, -0.1) is 0 Å². The van der Waals surface area contributed by atoms with Crippen LogP contribution in [0.2, 0.25) is 0 Å². The zero-order valence-electron chi connectivity index (χ0n) is 15.5. The monoisotopic (exact) mass is 377 g/mol. The fraction of sp³-hybridized carbons (Fsp3) is 0.200. The van der Waals surface area contributed by atoms with Crippen molar-refractivity contribution in [2.24, 2.45) is 5.10 Å². The Morgan fingerprint density at radius 3 is 2.96 bits per heavy atom. The lowest BCUT2D eigenvalue weighted by Crippen LogP contribution is -2.33. The number of rotatable bonds is 6. The molecule has 0 fully saturated rings. The quantitative estimate of drug-likeness (QED) is 0.504. The number of carbonyl (C=O) groups excluding carboxylic acids is 1. The van der Waals surface area contributed by atoms with Gasteiger partial charge in [0, 0.05) is 41.0 Å². The van der Waals surface area contributed by atoms with Crippen LogP contribution in [0.3, 0.4) is 0 Å². The number of aromatic nitrogens is 2. The van der Waals surface area contributed by atoms with Gasteiger partial charge in [0.25, 0.3) is 11.5 Å². The molecule has 0 aliphatic heterocycles. The topological polar surface area (TPSA) is 112 Å². The number of fused-ring (bicyclic) bond motifs is 1. The predicted molar refractivity (Wildman–Crippen MR) is 105 cm³/mol. The molecule has 3 aromatic rings. The summed E-state index contributed by atoms with van der Waals surface area (Å²) in [6, 6.07) is 11.3. The molecule has 3 rings (SSSR count). The summed E-state index contributed by atoms with van der Waals surface area (Å²) in [6.07, 6.45) is 3.33. The Morgan fingerprint density at radius 1 is 1.43 bits per heavy atom. The SMILES string of the molecule is COCc1cc(C)n(CC(=O)N/N=C/c2c[nH]c3ccccc23)c(=O)c1C#N. The molecular formula is C20H19N5O3. The molecular weight excluding hydrogens is 358 g/mol. The molecule has 0 aliphatic rings. The number of hydrogen-bond acceptors (Lipinski definition) is 5. The van der Waals surface area contributed by atoms with Crippen LogP contribution in [0.25, 0.3) is 10.9 Å². The molecule has 1 amide bonds. The number of carbonyl (C=O) groups is 1. The number of hydrazone groups is 1. The van der Waals surface area contributed by atoms with Crippen LogP contribution in [0.4, 0.5) is 0 Å². The van der Waals surface area contributed by atoms with Gasteiger partial charge in [-0.05, 0) is 19.1 Å². The van der Waals surface area contributed by atoms with Gasteiger partial charge in [0.05, 0.1) is 12.8 Å². The lowest BCUT2D eigenvalue weighted by molar-refractivity contribution is -0.121. The van der Waals surface area contributed by atoms with Gasteiger partial charge in [-0.2, -0.15) is 10.4 Å². The summed E-state index contributed by atoms with van der Waals surface area (Å²) in [6.45, 7) is 1.61. The minimum Gasteiger partial charge on any atom is -0.380 e. The molecule has 0 bridgehead atoms. The number of H-pyrrole nitrogens is 1. The number of benzene rings is 1. The summed E-state index contributed by atoms with van der Waals surface area (Å²) in [5.74, 6) is -0.468. The Kier molecular flexibility index (Phi) is 5.67. The Hall–Kier alpha value is -3.70. The summed E-state index contributed by atoms with van der Waals surface area (Å²) < 4.78 is 6.26. The molecule has 8 nitrogen and oxygen atoms in total. The molecule has 2 heterocycles. The van der Waals surface area contributed by atoms with E-state index in [0.717, 1.165) is 16.5 Å². The molecule has 28 heavy (non-hydrogen) atoms. The van der Waals surface area contributed by atoms with Gasteiger partial charge in [0.15, 0.2) is 0 Å². The minimum absolute atomic E-state index is 0.0254. The molecule has 0 atom stereocenters. The maximum absolute atomic E-state index is 12.5. The number of ether oxygens (including phenoxy) is 1. The number of hydrogen-bond donors (Lipinski definition) is 2. The third-order valence-electron chi connectivity index (χ3n) is 4.32. The van der Waals surface area contributed by atoms with Crippen LogP contribution in [0.15, 0.2) is 46.4 Å². The van der Waals surface area contributed by atoms with E-state index < -0.39 is 11.5 Å². The van der Waals surface area contributed by atoms with Crippen LogP contribution in [0, 0.1) is 18.3 Å². The molecule has 0 spiro atoms. The van der Waals surface area contributed by atoms with Crippen molar-refractivity contribution in [3.63, 3.8) is 0 Å². The third-order valence-corrected chi connectivity index (χ3v) is 4.32. The number of aromatic amines is 1. The van der Waals surface area contributed by atoms with E-state index in [2.05, 4.69) is 15.5 Å². The van der Waals surface area contributed by atoms with Crippen molar-refractivity contribution in [2.75, 3.05) is 7.11 Å². The summed E-state index contributed by atoms with van der Waals surface area (Å²) in [5.41, 5.74) is 4.73. The highest BCUT2D eigenvalue weighted by molar-refractivity contribution is 5.99. The van der Waals surface area contributed by atoms with Crippen molar-refractivity contribution in [3.05, 3.63) is 69.3 Å². The molecule has 2 N–H and O–H groups in total. The lowest BCUT2D eigenvalue weighted by Gasteiger charge is -2.12. The van der Waals surface area contributed by atoms with E-state index in [1.54, 1.807) is 19.2 Å². The fourth-order valence-corrected chi connectivity index (χ4v) is 2.97. The Labute approximate surface area is 161 Å². The van der Waals surface area contributed by atoms with Crippen molar-refractivity contribution >= 4 is 23.0 Å². The van der Waals surface area contributed by atoms with E-state index in [4.69, 9.17) is 4.74 Å². The maximum atomic E-state index is 12.5. The fourth-order valence-electron chi connectivity index (χ4n) is 2.97. The van der Waals surface area contributed by atoms with Crippen LogP contribution in [0.1, 0.15) is 22.4 Å². The first-order valence-corrected chi connectivity index (χ1v) is 8.55. The normalized spacial score (nSPS) is 11.0. The molecule has 0 saturated heterocycles. The summed E-state index contributed by atoms with van der Waals surface area (Å²) in [5, 5.41) is 14.2. The number of para-hydroxylation sites is 1. The van der Waals surface area contributed by atoms with Gasteiger partial charge in [-0.25, -0.2) is 5.43 Å². The zero-order chi connectivity index (χ0) is 20.1. The number of nitrogens with zero attached hydrogens (tertiary/aromatic N) is 3. The van der Waals surface area contributed by atoms with E-state index in [1.807, 2.05) is 30.3 Å². The summed E-state index contributed by atoms with van der Waals surface area (Å²) >= 11 is 0. The number of aryl methyl sites for hydroxylation is 1. The lowest BCUT2D eigenvalue weighted by atomic mass is 10.1. The van der Waals surface area contributed by atoms with Gasteiger partial charge in [0.2, 0.25) is 0 Å². The van der Waals surface area contributed by atoms with Gasteiger partial charge in [-0.1, -0.05) is 18.2 Å². The van der Waals surface area contributed by atoms with Gasteiger partial charge < -0.3 is 14.3 Å². The second-order valence-corrected chi connectivity index (χ2v) is 6.20. The molecule has 0 radical (unpaired) electrons. The molecule has 8 heteroatoms. The smallest absolute Gasteiger partial charge is 0.269 e. The second kappa shape index (κ2) is 8.33. The largest absolute Gasteiger partial charge is 0.380 e. The van der Waals surface area contributed by atoms with Crippen molar-refractivity contribution in [3.8, 4) is 6.07 Å². The Bertz CT molecular complexity index is 1150. The minimum atomic E-state index is -0.523. The van der Waals surface area contributed by atoms with Crippen LogP contribution in [-0.2, 0) is 22.7 Å². The third kappa shape index (κ3) is 3.84. The van der Waals surface area contributed by atoms with Gasteiger partial charge in [0.1, 0.15) is 18.2 Å². The summed E-state index contributed by atoms with van der Waals surface area (Å²) in [7, 11) is 1.49. The average Bonchev–Trinajstić information content (AvgIpc) is 3.09. The number of nitriles is 1. The van der Waals surface area contributed by atoms with Crippen LogP contribution < -0.4 is 11.0 Å². The highest BCUT2D eigenvalue weighted by atomic mass is 16.5. The van der Waals surface area contributed by atoms with Crippen molar-refractivity contribution in [1.29, 1.82) is 5.26 Å². The summed E-state index contributed by atoms with van der Waals surface area (Å²) in [4.78, 5) is 27.9. The molecule has 0 aliphatic carbocycles. The van der Waals surface area contributed by atoms with E-state index in [1.165, 1.54) is 17.9 Å². The van der Waals surface area contributed by atoms with Crippen molar-refractivity contribution in [2.45, 2.75) is 20.1 Å². The maximum Gasteiger partial charge on any atom is 0.269 e. The number of amides is 1. The highest BCUT2D eigenvalue weighted by Crippen LogP contribution is 2.15. The van der Waals surface area contributed by atoms with Gasteiger partial charge in [-0.3, -0.25) is 9.59 Å². The Morgan fingerprint density at radius 2 is 2.21 bits per heavy atom. The average molecular weight is 377 g/mol. The molecule has 142 valence electrons. The highest BCUT2D eigenvalue weighted by Gasteiger charge is 2.14. The molecule has 0 unspecified atom stereocenters. The second-order valence-electron chi connectivity index (χ2n) is 6.20. The van der Waals surface area contributed by atoms with E-state index >= 15 is 0 Å². The first-order chi connectivity index (χ1) is 13.5. The predicted octanol–water partition coefficient (Wildman–Crippen LogP) is 1.81. The Balaban J connectivity index is 1.75. The molecule has 1 aromatic carbocycles. The standard InChI is InChI=1S/C20H19N5O3/c1-13-7-14(12-28-2)17(8-21)20(27)25(13)11-19(26)24-23-10-15-9-22-18-6-4-3-5-16(15)18/h3-7,9-10,22H,11-12H2,1-2H3,(H,24,26)/b23-10+. The van der Waals surface area contributed by atoms with Crippen molar-refractivity contribution < 1.29 is 9.53 Å². The van der Waals surface area contributed by atoms with Crippen LogP contribution in [-0.4, -0.2) is 28.8 Å². The zero-order valence-corrected chi connectivity index (χ0v) is 15.5. The van der Waals surface area contributed by atoms with Crippen LogP contribution >= 0.6 is 0 Å². The van der Waals surface area contributed by atoms with E-state index in [-0.39, 0.29) is 18.7 Å². The first-order valence-electron chi connectivity index (χ1n) is 8.55.